The van der Waals surface area contributed by atoms with Gasteiger partial charge < -0.3 is 10.2 Å². The fourth-order valence-corrected chi connectivity index (χ4v) is 1.35. The van der Waals surface area contributed by atoms with Crippen molar-refractivity contribution < 1.29 is 24.6 Å². The Kier molecular flexibility index (Phi) is 5.67. The lowest BCUT2D eigenvalue weighted by Crippen LogP contribution is -2.23. The number of halogens is 1. The van der Waals surface area contributed by atoms with Crippen LogP contribution in [0.5, 0.6) is 0 Å². The van der Waals surface area contributed by atoms with Crippen LogP contribution in [0.1, 0.15) is 23.2 Å². The van der Waals surface area contributed by atoms with Gasteiger partial charge >= 0.3 is 11.9 Å². The maximum atomic E-state index is 11.7. The number of nitrogens with zero attached hydrogens (tertiary/aromatic N) is 1. The van der Waals surface area contributed by atoms with Crippen molar-refractivity contribution in [2.75, 3.05) is 0 Å². The van der Waals surface area contributed by atoms with Crippen LogP contribution in [0.15, 0.2) is 29.4 Å². The highest BCUT2D eigenvalue weighted by Gasteiger charge is 2.13. The van der Waals surface area contributed by atoms with E-state index in [4.69, 9.17) is 21.8 Å². The molecule has 0 aromatic heterocycles. The van der Waals surface area contributed by atoms with E-state index in [1.165, 1.54) is 24.3 Å². The molecule has 0 heterocycles. The molecule has 0 bridgehead atoms. The van der Waals surface area contributed by atoms with Crippen LogP contribution in [0.25, 0.3) is 0 Å². The smallest absolute Gasteiger partial charge is 0.352 e. The third kappa shape index (κ3) is 5.07. The number of carbonyl (C=O) groups excluding carboxylic acids is 1. The van der Waals surface area contributed by atoms with E-state index >= 15 is 0 Å². The maximum absolute atomic E-state index is 11.7. The highest BCUT2D eigenvalue weighted by atomic mass is 35.5. The van der Waals surface area contributed by atoms with Crippen LogP contribution in [0.3, 0.4) is 0 Å². The first-order valence-electron chi connectivity index (χ1n) is 5.47. The molecule has 0 radical (unpaired) electrons. The number of hydrazone groups is 1. The molecule has 1 amide bonds. The van der Waals surface area contributed by atoms with Gasteiger partial charge in [0.15, 0.2) is 0 Å². The molecule has 1 aromatic rings. The SMILES string of the molecule is O=C(O)CC/C(=N\NC(=O)c1ccc(Cl)cc1)C(=O)O. The lowest BCUT2D eigenvalue weighted by molar-refractivity contribution is -0.136. The molecule has 0 saturated heterocycles. The molecule has 0 unspecified atom stereocenters. The topological polar surface area (TPSA) is 116 Å². The van der Waals surface area contributed by atoms with E-state index < -0.39 is 23.6 Å². The van der Waals surface area contributed by atoms with E-state index in [9.17, 15) is 14.4 Å². The van der Waals surface area contributed by atoms with Crippen LogP contribution in [0, 0.1) is 0 Å². The van der Waals surface area contributed by atoms with E-state index in [1.807, 2.05) is 0 Å². The summed E-state index contributed by atoms with van der Waals surface area (Å²) in [5, 5.41) is 21.2. The zero-order chi connectivity index (χ0) is 15.1. The summed E-state index contributed by atoms with van der Waals surface area (Å²) in [6.07, 6.45) is -0.673. The minimum absolute atomic E-state index is 0.251. The fraction of sp³-hybridized carbons (Fsp3) is 0.167. The van der Waals surface area contributed by atoms with E-state index in [0.29, 0.717) is 5.02 Å². The maximum Gasteiger partial charge on any atom is 0.352 e. The second-order valence-electron chi connectivity index (χ2n) is 3.71. The zero-order valence-corrected chi connectivity index (χ0v) is 10.9. The largest absolute Gasteiger partial charge is 0.481 e. The first-order chi connectivity index (χ1) is 9.40. The molecule has 0 spiro atoms. The Morgan fingerprint density at radius 3 is 2.20 bits per heavy atom. The summed E-state index contributed by atoms with van der Waals surface area (Å²) >= 11 is 5.66. The Labute approximate surface area is 118 Å². The first kappa shape index (κ1) is 15.6. The molecule has 0 fully saturated rings. The number of hydrogen-bond acceptors (Lipinski definition) is 4. The summed E-state index contributed by atoms with van der Waals surface area (Å²) < 4.78 is 0. The number of amides is 1. The van der Waals surface area contributed by atoms with E-state index in [1.54, 1.807) is 0 Å². The minimum Gasteiger partial charge on any atom is -0.481 e. The quantitative estimate of drug-likeness (QED) is 0.542. The third-order valence-corrected chi connectivity index (χ3v) is 2.47. The number of carboxylic acid groups (broad SMARTS) is 2. The summed E-state index contributed by atoms with van der Waals surface area (Å²) in [6, 6.07) is 5.90. The van der Waals surface area contributed by atoms with Gasteiger partial charge in [-0.1, -0.05) is 11.6 Å². The van der Waals surface area contributed by atoms with Gasteiger partial charge in [-0.05, 0) is 24.3 Å². The van der Waals surface area contributed by atoms with E-state index in [0.717, 1.165) is 0 Å². The Morgan fingerprint density at radius 2 is 1.70 bits per heavy atom. The molecule has 7 nitrogen and oxygen atoms in total. The third-order valence-electron chi connectivity index (χ3n) is 2.22. The molecule has 1 rings (SSSR count). The van der Waals surface area contributed by atoms with Crippen LogP contribution < -0.4 is 5.43 Å². The van der Waals surface area contributed by atoms with E-state index in [-0.39, 0.29) is 18.4 Å². The number of carboxylic acids is 2. The van der Waals surface area contributed by atoms with Crippen LogP contribution >= 0.6 is 11.6 Å². The number of nitrogens with one attached hydrogen (secondary N) is 1. The Bertz CT molecular complexity index is 553. The van der Waals surface area contributed by atoms with Gasteiger partial charge in [-0.15, -0.1) is 0 Å². The van der Waals surface area contributed by atoms with Gasteiger partial charge in [-0.3, -0.25) is 9.59 Å². The molecule has 3 N–H and O–H groups in total. The zero-order valence-electron chi connectivity index (χ0n) is 10.2. The summed E-state index contributed by atoms with van der Waals surface area (Å²) in [5.41, 5.74) is 1.87. The van der Waals surface area contributed by atoms with Gasteiger partial charge in [-0.2, -0.15) is 5.10 Å². The van der Waals surface area contributed by atoms with Crippen molar-refractivity contribution in [1.82, 2.24) is 5.43 Å². The molecule has 0 aliphatic rings. The van der Waals surface area contributed by atoms with Crippen LogP contribution in [0.2, 0.25) is 5.02 Å². The van der Waals surface area contributed by atoms with Crippen LogP contribution in [-0.2, 0) is 9.59 Å². The number of hydrogen-bond donors (Lipinski definition) is 3. The van der Waals surface area contributed by atoms with Gasteiger partial charge in [0.25, 0.3) is 5.91 Å². The molecule has 0 saturated carbocycles. The van der Waals surface area contributed by atoms with Crippen molar-refractivity contribution in [3.63, 3.8) is 0 Å². The van der Waals surface area contributed by atoms with Crippen molar-refractivity contribution >= 4 is 35.2 Å². The number of carbonyl (C=O) groups is 3. The summed E-state index contributed by atoms with van der Waals surface area (Å²) in [4.78, 5) is 32.8. The van der Waals surface area contributed by atoms with E-state index in [2.05, 4.69) is 10.5 Å². The van der Waals surface area contributed by atoms with Crippen molar-refractivity contribution in [1.29, 1.82) is 0 Å². The lowest BCUT2D eigenvalue weighted by Gasteiger charge is -2.02. The first-order valence-corrected chi connectivity index (χ1v) is 5.85. The number of benzene rings is 1. The van der Waals surface area contributed by atoms with Crippen molar-refractivity contribution in [2.24, 2.45) is 5.10 Å². The molecule has 106 valence electrons. The predicted molar refractivity (Wildman–Crippen MR) is 70.9 cm³/mol. The van der Waals surface area contributed by atoms with Gasteiger partial charge in [0, 0.05) is 17.0 Å². The molecular weight excluding hydrogens is 288 g/mol. The standard InChI is InChI=1S/C12H11ClN2O5/c13-8-3-1-7(2-4-8)11(18)15-14-9(12(19)20)5-6-10(16)17/h1-4H,5-6H2,(H,15,18)(H,16,17)(H,19,20)/b14-9+. The Balaban J connectivity index is 2.71. The molecular formula is C12H11ClN2O5. The van der Waals surface area contributed by atoms with Gasteiger partial charge in [0.05, 0.1) is 6.42 Å². The molecule has 0 aliphatic carbocycles. The highest BCUT2D eigenvalue weighted by molar-refractivity contribution is 6.35. The normalized spacial score (nSPS) is 10.9. The van der Waals surface area contributed by atoms with Gasteiger partial charge in [0.2, 0.25) is 0 Å². The van der Waals surface area contributed by atoms with Gasteiger partial charge in [0.1, 0.15) is 5.71 Å². The average molecular weight is 299 g/mol. The molecule has 8 heteroatoms. The summed E-state index contributed by atoms with van der Waals surface area (Å²) in [6.45, 7) is 0. The second-order valence-corrected chi connectivity index (χ2v) is 4.14. The average Bonchev–Trinajstić information content (AvgIpc) is 2.38. The number of rotatable bonds is 6. The Hall–Kier alpha value is -2.41. The minimum atomic E-state index is -1.39. The lowest BCUT2D eigenvalue weighted by atomic mass is 10.2. The molecule has 0 aliphatic heterocycles. The predicted octanol–water partition coefficient (Wildman–Crippen LogP) is 1.38. The molecule has 20 heavy (non-hydrogen) atoms. The fourth-order valence-electron chi connectivity index (χ4n) is 1.22. The van der Waals surface area contributed by atoms with Crippen molar-refractivity contribution in [3.8, 4) is 0 Å². The summed E-state index contributed by atoms with van der Waals surface area (Å²) in [5.74, 6) is -3.15. The molecule has 0 atom stereocenters. The monoisotopic (exact) mass is 298 g/mol. The van der Waals surface area contributed by atoms with Crippen LogP contribution in [-0.4, -0.2) is 33.8 Å². The Morgan fingerprint density at radius 1 is 1.10 bits per heavy atom. The second kappa shape index (κ2) is 7.25. The summed E-state index contributed by atoms with van der Waals surface area (Å²) in [7, 11) is 0. The van der Waals surface area contributed by atoms with Crippen LogP contribution in [0.4, 0.5) is 0 Å². The van der Waals surface area contributed by atoms with Gasteiger partial charge in [-0.25, -0.2) is 10.2 Å². The van der Waals surface area contributed by atoms with Crippen molar-refractivity contribution in [3.05, 3.63) is 34.9 Å². The van der Waals surface area contributed by atoms with Crippen molar-refractivity contribution in [2.45, 2.75) is 12.8 Å². The highest BCUT2D eigenvalue weighted by Crippen LogP contribution is 2.09. The molecule has 1 aromatic carbocycles. The number of aliphatic carboxylic acids is 2.